The molecule has 0 bridgehead atoms. The number of nitrogens with one attached hydrogen (secondary N) is 2. The quantitative estimate of drug-likeness (QED) is 0.783. The van der Waals surface area contributed by atoms with E-state index in [-0.39, 0.29) is 23.8 Å². The number of carbonyl (C=O) groups excluding carboxylic acids is 2. The molecule has 2 N–H and O–H groups in total. The third-order valence-electron chi connectivity index (χ3n) is 4.48. The molecule has 3 heterocycles. The Hall–Kier alpha value is -1.99. The summed E-state index contributed by atoms with van der Waals surface area (Å²) in [5.74, 6) is -0.123. The van der Waals surface area contributed by atoms with Crippen LogP contribution in [0, 0.1) is 5.92 Å². The number of likely N-dealkylation sites (N-methyl/N-ethyl adjacent to an activating group) is 1. The number of hydrogen-bond donors (Lipinski definition) is 2. The van der Waals surface area contributed by atoms with Gasteiger partial charge in [0.05, 0.1) is 5.92 Å². The molecule has 1 aromatic rings. The molecule has 2 aliphatic rings. The second-order valence-corrected chi connectivity index (χ2v) is 6.31. The summed E-state index contributed by atoms with van der Waals surface area (Å²) in [6.45, 7) is 2.64. The maximum Gasteiger partial charge on any atom is 0.227 e. The molecule has 0 radical (unpaired) electrons. The third kappa shape index (κ3) is 3.86. The van der Waals surface area contributed by atoms with E-state index in [4.69, 9.17) is 0 Å². The SMILES string of the molecule is CN(CC1CCNN1)C(=O)C1CC(=O)N(Cc2ccncc2)C1. The molecule has 1 aromatic heterocycles. The highest BCUT2D eigenvalue weighted by atomic mass is 16.2. The van der Waals surface area contributed by atoms with Gasteiger partial charge < -0.3 is 9.80 Å². The summed E-state index contributed by atoms with van der Waals surface area (Å²) in [4.78, 5) is 32.2. The molecule has 7 nitrogen and oxygen atoms in total. The molecule has 2 fully saturated rings. The number of carbonyl (C=O) groups is 2. The first-order valence-corrected chi connectivity index (χ1v) is 8.03. The monoisotopic (exact) mass is 317 g/mol. The molecule has 2 saturated heterocycles. The van der Waals surface area contributed by atoms with Crippen molar-refractivity contribution in [3.8, 4) is 0 Å². The maximum absolute atomic E-state index is 12.6. The van der Waals surface area contributed by atoms with E-state index in [1.807, 2.05) is 19.2 Å². The van der Waals surface area contributed by atoms with Crippen molar-refractivity contribution in [2.75, 3.05) is 26.7 Å². The summed E-state index contributed by atoms with van der Waals surface area (Å²) in [5.41, 5.74) is 7.27. The lowest BCUT2D eigenvalue weighted by Crippen LogP contribution is -2.43. The van der Waals surface area contributed by atoms with Crippen molar-refractivity contribution >= 4 is 11.8 Å². The average Bonchev–Trinajstić information content (AvgIpc) is 3.18. The van der Waals surface area contributed by atoms with E-state index in [1.54, 1.807) is 22.2 Å². The Kier molecular flexibility index (Phi) is 4.88. The zero-order valence-electron chi connectivity index (χ0n) is 13.4. The Bertz CT molecular complexity index is 559. The molecule has 2 atom stereocenters. The van der Waals surface area contributed by atoms with Crippen LogP contribution in [0.25, 0.3) is 0 Å². The van der Waals surface area contributed by atoms with Gasteiger partial charge >= 0.3 is 0 Å². The molecule has 7 heteroatoms. The largest absolute Gasteiger partial charge is 0.344 e. The topological polar surface area (TPSA) is 77.6 Å². The summed E-state index contributed by atoms with van der Waals surface area (Å²) < 4.78 is 0. The van der Waals surface area contributed by atoms with Crippen molar-refractivity contribution in [1.29, 1.82) is 0 Å². The number of hydrazine groups is 1. The Morgan fingerprint density at radius 3 is 2.91 bits per heavy atom. The second-order valence-electron chi connectivity index (χ2n) is 6.31. The van der Waals surface area contributed by atoms with Crippen LogP contribution in [-0.2, 0) is 16.1 Å². The molecule has 0 aliphatic carbocycles. The molecular weight excluding hydrogens is 294 g/mol. The number of pyridine rings is 1. The van der Waals surface area contributed by atoms with Crippen molar-refractivity contribution in [2.45, 2.75) is 25.4 Å². The molecule has 0 spiro atoms. The number of nitrogens with zero attached hydrogens (tertiary/aromatic N) is 3. The molecule has 124 valence electrons. The molecule has 23 heavy (non-hydrogen) atoms. The van der Waals surface area contributed by atoms with E-state index in [0.29, 0.717) is 26.1 Å². The Morgan fingerprint density at radius 1 is 1.43 bits per heavy atom. The van der Waals surface area contributed by atoms with E-state index < -0.39 is 0 Å². The molecule has 2 unspecified atom stereocenters. The number of likely N-dealkylation sites (tertiary alicyclic amines) is 1. The standard InChI is InChI=1S/C16H23N5O2/c1-20(11-14-4-7-18-19-14)16(23)13-8-15(22)21(10-13)9-12-2-5-17-6-3-12/h2-3,5-6,13-14,18-19H,4,7-11H2,1H3. The van der Waals surface area contributed by atoms with Crippen molar-refractivity contribution in [1.82, 2.24) is 25.6 Å². The zero-order chi connectivity index (χ0) is 16.2. The van der Waals surface area contributed by atoms with Gasteiger partial charge in [-0.15, -0.1) is 0 Å². The molecule has 0 saturated carbocycles. The van der Waals surface area contributed by atoms with Gasteiger partial charge in [-0.1, -0.05) is 0 Å². The molecule has 2 aliphatic heterocycles. The van der Waals surface area contributed by atoms with Gasteiger partial charge in [-0.2, -0.15) is 0 Å². The second kappa shape index (κ2) is 7.06. The summed E-state index contributed by atoms with van der Waals surface area (Å²) in [6.07, 6.45) is 4.75. The Balaban J connectivity index is 1.54. The van der Waals surface area contributed by atoms with Gasteiger partial charge in [-0.25, -0.2) is 0 Å². The first-order chi connectivity index (χ1) is 11.1. The minimum atomic E-state index is -0.233. The van der Waals surface area contributed by atoms with Crippen LogP contribution in [0.15, 0.2) is 24.5 Å². The van der Waals surface area contributed by atoms with Crippen LogP contribution in [0.1, 0.15) is 18.4 Å². The summed E-state index contributed by atoms with van der Waals surface area (Å²) >= 11 is 0. The van der Waals surface area contributed by atoms with Crippen molar-refractivity contribution in [2.24, 2.45) is 5.92 Å². The molecule has 2 amide bonds. The molecule has 3 rings (SSSR count). The first kappa shape index (κ1) is 15.9. The van der Waals surface area contributed by atoms with Gasteiger partial charge in [0.15, 0.2) is 0 Å². The fraction of sp³-hybridized carbons (Fsp3) is 0.562. The zero-order valence-corrected chi connectivity index (χ0v) is 13.4. The predicted octanol–water partition coefficient (Wildman–Crippen LogP) is -0.245. The van der Waals surface area contributed by atoms with E-state index in [9.17, 15) is 9.59 Å². The predicted molar refractivity (Wildman–Crippen MR) is 84.9 cm³/mol. The molecule has 0 aromatic carbocycles. The lowest BCUT2D eigenvalue weighted by Gasteiger charge is -2.24. The van der Waals surface area contributed by atoms with E-state index in [0.717, 1.165) is 18.5 Å². The lowest BCUT2D eigenvalue weighted by atomic mass is 10.1. The van der Waals surface area contributed by atoms with Gasteiger partial charge in [0, 0.05) is 58.1 Å². The van der Waals surface area contributed by atoms with Crippen LogP contribution < -0.4 is 10.9 Å². The number of amides is 2. The fourth-order valence-corrected chi connectivity index (χ4v) is 3.20. The van der Waals surface area contributed by atoms with Crippen LogP contribution in [0.5, 0.6) is 0 Å². The van der Waals surface area contributed by atoms with E-state index in [2.05, 4.69) is 15.8 Å². The van der Waals surface area contributed by atoms with Crippen LogP contribution in [0.3, 0.4) is 0 Å². The van der Waals surface area contributed by atoms with E-state index >= 15 is 0 Å². The van der Waals surface area contributed by atoms with Crippen molar-refractivity contribution < 1.29 is 9.59 Å². The number of hydrogen-bond acceptors (Lipinski definition) is 5. The van der Waals surface area contributed by atoms with Crippen LogP contribution in [0.4, 0.5) is 0 Å². The highest BCUT2D eigenvalue weighted by Gasteiger charge is 2.36. The summed E-state index contributed by atoms with van der Waals surface area (Å²) in [5, 5.41) is 0. The van der Waals surface area contributed by atoms with Gasteiger partial charge in [0.1, 0.15) is 0 Å². The Labute approximate surface area is 136 Å². The van der Waals surface area contributed by atoms with Gasteiger partial charge in [-0.3, -0.25) is 25.4 Å². The van der Waals surface area contributed by atoms with Gasteiger partial charge in [0.2, 0.25) is 11.8 Å². The van der Waals surface area contributed by atoms with Crippen LogP contribution in [0.2, 0.25) is 0 Å². The number of aromatic nitrogens is 1. The minimum Gasteiger partial charge on any atom is -0.344 e. The van der Waals surface area contributed by atoms with Crippen LogP contribution >= 0.6 is 0 Å². The van der Waals surface area contributed by atoms with Crippen LogP contribution in [-0.4, -0.2) is 59.3 Å². The number of rotatable bonds is 5. The smallest absolute Gasteiger partial charge is 0.227 e. The van der Waals surface area contributed by atoms with Crippen molar-refractivity contribution in [3.05, 3.63) is 30.1 Å². The van der Waals surface area contributed by atoms with Gasteiger partial charge in [-0.05, 0) is 24.1 Å². The normalized spacial score (nSPS) is 24.2. The molecular formula is C16H23N5O2. The highest BCUT2D eigenvalue weighted by Crippen LogP contribution is 2.22. The van der Waals surface area contributed by atoms with E-state index in [1.165, 1.54) is 0 Å². The summed E-state index contributed by atoms with van der Waals surface area (Å²) in [6, 6.07) is 4.08. The minimum absolute atomic E-state index is 0.0502. The highest BCUT2D eigenvalue weighted by molar-refractivity contribution is 5.89. The summed E-state index contributed by atoms with van der Waals surface area (Å²) in [7, 11) is 1.82. The maximum atomic E-state index is 12.6. The van der Waals surface area contributed by atoms with Gasteiger partial charge in [0.25, 0.3) is 0 Å². The van der Waals surface area contributed by atoms with Crippen molar-refractivity contribution in [3.63, 3.8) is 0 Å². The lowest BCUT2D eigenvalue weighted by molar-refractivity contribution is -0.134. The average molecular weight is 317 g/mol. The first-order valence-electron chi connectivity index (χ1n) is 8.03. The Morgan fingerprint density at radius 2 is 2.22 bits per heavy atom. The third-order valence-corrected chi connectivity index (χ3v) is 4.48. The fourth-order valence-electron chi connectivity index (χ4n) is 3.20.